The highest BCUT2D eigenvalue weighted by Gasteiger charge is 2.30. The molecule has 0 aliphatic carbocycles. The zero-order valence-electron chi connectivity index (χ0n) is 16.8. The number of hydrogen-bond acceptors (Lipinski definition) is 7. The van der Waals surface area contributed by atoms with E-state index in [4.69, 9.17) is 16.6 Å². The lowest BCUT2D eigenvalue weighted by atomic mass is 9.98. The van der Waals surface area contributed by atoms with Crippen LogP contribution in [0.25, 0.3) is 0 Å². The molecule has 0 aromatic carbocycles. The molecule has 13 nitrogen and oxygen atoms in total. The lowest BCUT2D eigenvalue weighted by Crippen LogP contribution is -2.55. The molecule has 0 saturated carbocycles. The average molecular weight is 431 g/mol. The molecule has 170 valence electrons. The first-order valence-electron chi connectivity index (χ1n) is 9.24. The van der Waals surface area contributed by atoms with Crippen LogP contribution in [0, 0.1) is 5.92 Å². The van der Waals surface area contributed by atoms with E-state index in [2.05, 4.69) is 16.0 Å². The summed E-state index contributed by atoms with van der Waals surface area (Å²) in [4.78, 5) is 69.2. The van der Waals surface area contributed by atoms with Gasteiger partial charge in [-0.25, -0.2) is 4.79 Å². The van der Waals surface area contributed by atoms with Gasteiger partial charge in [-0.3, -0.25) is 24.0 Å². The van der Waals surface area contributed by atoms with Crippen LogP contribution in [0.5, 0.6) is 0 Å². The Labute approximate surface area is 172 Å². The third kappa shape index (κ3) is 10.4. The van der Waals surface area contributed by atoms with Gasteiger partial charge in [-0.1, -0.05) is 20.3 Å². The van der Waals surface area contributed by atoms with Crippen molar-refractivity contribution in [3.8, 4) is 0 Å². The molecule has 0 rings (SSSR count). The maximum absolute atomic E-state index is 12.3. The Morgan fingerprint density at radius 3 is 2.07 bits per heavy atom. The SMILES string of the molecule is CCC(C)C(NC(=O)C(CC(=O)O)NC(=O)CNC(=O)C(N)CCC(N)=O)C(=O)O. The van der Waals surface area contributed by atoms with Gasteiger partial charge in [0.1, 0.15) is 12.1 Å². The van der Waals surface area contributed by atoms with Crippen LogP contribution in [0.15, 0.2) is 0 Å². The summed E-state index contributed by atoms with van der Waals surface area (Å²) in [7, 11) is 0. The van der Waals surface area contributed by atoms with Crippen molar-refractivity contribution < 1.29 is 39.0 Å². The zero-order valence-corrected chi connectivity index (χ0v) is 16.8. The summed E-state index contributed by atoms with van der Waals surface area (Å²) in [5, 5.41) is 24.8. The molecule has 0 spiro atoms. The fourth-order valence-electron chi connectivity index (χ4n) is 2.29. The van der Waals surface area contributed by atoms with Crippen LogP contribution >= 0.6 is 0 Å². The molecule has 4 amide bonds. The van der Waals surface area contributed by atoms with Crippen molar-refractivity contribution in [2.45, 2.75) is 57.7 Å². The van der Waals surface area contributed by atoms with Crippen LogP contribution in [0.3, 0.4) is 0 Å². The molecule has 0 aromatic heterocycles. The number of carboxylic acid groups (broad SMARTS) is 2. The molecule has 9 N–H and O–H groups in total. The van der Waals surface area contributed by atoms with Crippen LogP contribution in [-0.4, -0.2) is 70.5 Å². The van der Waals surface area contributed by atoms with E-state index in [0.717, 1.165) is 0 Å². The number of amides is 4. The van der Waals surface area contributed by atoms with Crippen molar-refractivity contribution in [1.82, 2.24) is 16.0 Å². The Kier molecular flexibility index (Phi) is 11.7. The van der Waals surface area contributed by atoms with Gasteiger partial charge in [-0.15, -0.1) is 0 Å². The van der Waals surface area contributed by atoms with Crippen molar-refractivity contribution >= 4 is 35.6 Å². The van der Waals surface area contributed by atoms with Crippen LogP contribution in [-0.2, 0) is 28.8 Å². The number of carbonyl (C=O) groups is 6. The van der Waals surface area contributed by atoms with Gasteiger partial charge < -0.3 is 37.6 Å². The molecule has 0 bridgehead atoms. The second-order valence-electron chi connectivity index (χ2n) is 6.76. The lowest BCUT2D eigenvalue weighted by molar-refractivity contribution is -0.144. The topological polar surface area (TPSA) is 231 Å². The number of hydrogen-bond donors (Lipinski definition) is 7. The van der Waals surface area contributed by atoms with Crippen molar-refractivity contribution in [1.29, 1.82) is 0 Å². The molecule has 4 atom stereocenters. The van der Waals surface area contributed by atoms with Gasteiger partial charge in [0.05, 0.1) is 19.0 Å². The van der Waals surface area contributed by atoms with E-state index in [-0.39, 0.29) is 12.8 Å². The monoisotopic (exact) mass is 431 g/mol. The summed E-state index contributed by atoms with van der Waals surface area (Å²) in [5.74, 6) is -6.39. The molecule has 0 aliphatic rings. The molecule has 4 unspecified atom stereocenters. The fraction of sp³-hybridized carbons (Fsp3) is 0.647. The normalized spacial score (nSPS) is 14.5. The number of primary amides is 1. The summed E-state index contributed by atoms with van der Waals surface area (Å²) in [5.41, 5.74) is 10.5. The lowest BCUT2D eigenvalue weighted by Gasteiger charge is -2.23. The average Bonchev–Trinajstić information content (AvgIpc) is 2.66. The molecular formula is C17H29N5O8. The zero-order chi connectivity index (χ0) is 23.4. The second-order valence-corrected chi connectivity index (χ2v) is 6.76. The van der Waals surface area contributed by atoms with Gasteiger partial charge in [0.25, 0.3) is 0 Å². The number of aliphatic carboxylic acids is 2. The highest BCUT2D eigenvalue weighted by molar-refractivity contribution is 5.94. The summed E-state index contributed by atoms with van der Waals surface area (Å²) < 4.78 is 0. The number of nitrogens with one attached hydrogen (secondary N) is 3. The predicted molar refractivity (Wildman–Crippen MR) is 103 cm³/mol. The Morgan fingerprint density at radius 1 is 1.00 bits per heavy atom. The number of rotatable bonds is 14. The maximum atomic E-state index is 12.3. The minimum atomic E-state index is -1.55. The van der Waals surface area contributed by atoms with Gasteiger partial charge in [0, 0.05) is 6.42 Å². The van der Waals surface area contributed by atoms with Gasteiger partial charge in [0.15, 0.2) is 0 Å². The Balaban J connectivity index is 4.91. The highest BCUT2D eigenvalue weighted by atomic mass is 16.4. The molecule has 0 heterocycles. The van der Waals surface area contributed by atoms with Gasteiger partial charge in [-0.2, -0.15) is 0 Å². The highest BCUT2D eigenvalue weighted by Crippen LogP contribution is 2.08. The molecule has 13 heteroatoms. The third-order valence-corrected chi connectivity index (χ3v) is 4.27. The first-order valence-corrected chi connectivity index (χ1v) is 9.24. The first kappa shape index (κ1) is 26.8. The molecule has 0 saturated heterocycles. The van der Waals surface area contributed by atoms with Crippen molar-refractivity contribution in [3.63, 3.8) is 0 Å². The third-order valence-electron chi connectivity index (χ3n) is 4.27. The van der Waals surface area contributed by atoms with Crippen LogP contribution < -0.4 is 27.4 Å². The van der Waals surface area contributed by atoms with Gasteiger partial charge in [-0.05, 0) is 12.3 Å². The van der Waals surface area contributed by atoms with Crippen LogP contribution in [0.1, 0.15) is 39.5 Å². The first-order chi connectivity index (χ1) is 13.9. The van der Waals surface area contributed by atoms with E-state index >= 15 is 0 Å². The largest absolute Gasteiger partial charge is 0.481 e. The minimum Gasteiger partial charge on any atom is -0.481 e. The van der Waals surface area contributed by atoms with Crippen molar-refractivity contribution in [3.05, 3.63) is 0 Å². The van der Waals surface area contributed by atoms with E-state index in [9.17, 15) is 33.9 Å². The summed E-state index contributed by atoms with van der Waals surface area (Å²) >= 11 is 0. The Bertz CT molecular complexity index is 669. The van der Waals surface area contributed by atoms with E-state index in [1.165, 1.54) is 0 Å². The van der Waals surface area contributed by atoms with Crippen molar-refractivity contribution in [2.24, 2.45) is 17.4 Å². The maximum Gasteiger partial charge on any atom is 0.326 e. The summed E-state index contributed by atoms with van der Waals surface area (Å²) in [6.07, 6.45) is -0.507. The smallest absolute Gasteiger partial charge is 0.326 e. The fourth-order valence-corrected chi connectivity index (χ4v) is 2.29. The molecule has 0 aliphatic heterocycles. The number of nitrogens with two attached hydrogens (primary N) is 2. The van der Waals surface area contributed by atoms with E-state index in [1.807, 2.05) is 0 Å². The van der Waals surface area contributed by atoms with E-state index < -0.39 is 72.6 Å². The molecule has 0 radical (unpaired) electrons. The molecule has 0 aromatic rings. The number of carbonyl (C=O) groups excluding carboxylic acids is 4. The molecular weight excluding hydrogens is 402 g/mol. The minimum absolute atomic E-state index is 0.0287. The predicted octanol–water partition coefficient (Wildman–Crippen LogP) is -2.73. The summed E-state index contributed by atoms with van der Waals surface area (Å²) in [6, 6.07) is -3.91. The second kappa shape index (κ2) is 13.1. The van der Waals surface area contributed by atoms with E-state index in [1.54, 1.807) is 13.8 Å². The molecule has 0 fully saturated rings. The van der Waals surface area contributed by atoms with Crippen LogP contribution in [0.2, 0.25) is 0 Å². The summed E-state index contributed by atoms with van der Waals surface area (Å²) in [6.45, 7) is 2.71. The standard InChI is InChI=1S/C17H29N5O8/c1-3-8(2)14(17(29)30)22-16(28)10(6-13(25)26)21-12(24)7-20-15(27)9(18)4-5-11(19)23/h8-10,14H,3-7,18H2,1-2H3,(H2,19,23)(H,20,27)(H,21,24)(H,22,28)(H,25,26)(H,29,30). The number of carboxylic acids is 2. The van der Waals surface area contributed by atoms with Gasteiger partial charge in [0.2, 0.25) is 23.6 Å². The molecule has 30 heavy (non-hydrogen) atoms. The Hall–Kier alpha value is -3.22. The van der Waals surface area contributed by atoms with Crippen molar-refractivity contribution in [2.75, 3.05) is 6.54 Å². The van der Waals surface area contributed by atoms with Crippen LogP contribution in [0.4, 0.5) is 0 Å². The van der Waals surface area contributed by atoms with Gasteiger partial charge >= 0.3 is 11.9 Å². The quantitative estimate of drug-likeness (QED) is 0.151. The van der Waals surface area contributed by atoms with E-state index in [0.29, 0.717) is 6.42 Å². The Morgan fingerprint density at radius 2 is 1.60 bits per heavy atom.